The van der Waals surface area contributed by atoms with Gasteiger partial charge in [0.05, 0.1) is 6.61 Å². The molecular formula is C19H18N2O5. The van der Waals surface area contributed by atoms with Gasteiger partial charge >= 0.3 is 0 Å². The van der Waals surface area contributed by atoms with E-state index >= 15 is 0 Å². The van der Waals surface area contributed by atoms with Crippen molar-refractivity contribution in [3.63, 3.8) is 0 Å². The zero-order valence-electron chi connectivity index (χ0n) is 13.9. The van der Waals surface area contributed by atoms with Gasteiger partial charge in [0.1, 0.15) is 11.3 Å². The van der Waals surface area contributed by atoms with Gasteiger partial charge in [-0.25, -0.2) is 5.48 Å². The summed E-state index contributed by atoms with van der Waals surface area (Å²) in [6.45, 7) is 0.854. The molecule has 0 unspecified atom stereocenters. The van der Waals surface area contributed by atoms with Crippen molar-refractivity contribution in [3.05, 3.63) is 65.9 Å². The lowest BCUT2D eigenvalue weighted by Gasteiger charge is -2.07. The van der Waals surface area contributed by atoms with Crippen molar-refractivity contribution in [1.82, 2.24) is 10.8 Å². The number of hydrogen-bond donors (Lipinski definition) is 3. The van der Waals surface area contributed by atoms with Crippen molar-refractivity contribution >= 4 is 22.8 Å². The molecule has 134 valence electrons. The molecule has 0 aliphatic heterocycles. The zero-order valence-corrected chi connectivity index (χ0v) is 13.9. The zero-order chi connectivity index (χ0) is 18.4. The highest BCUT2D eigenvalue weighted by atomic mass is 16.5. The standard InChI is InChI=1S/C19H18N2O5/c22-18(21-24)13-6-8-15(9-7-13)25-11-3-10-20-19(23)17-12-14-4-1-2-5-16(14)26-17/h1-2,4-9,12,24H,3,10-11H2,(H,20,23)(H,21,22). The second-order valence-corrected chi connectivity index (χ2v) is 5.57. The van der Waals surface area contributed by atoms with Gasteiger partial charge in [-0.15, -0.1) is 0 Å². The second-order valence-electron chi connectivity index (χ2n) is 5.57. The molecule has 0 radical (unpaired) electrons. The Morgan fingerprint density at radius 3 is 2.54 bits per heavy atom. The number of ether oxygens (including phenoxy) is 1. The average molecular weight is 354 g/mol. The number of amides is 2. The van der Waals surface area contributed by atoms with Crippen LogP contribution in [0.4, 0.5) is 0 Å². The van der Waals surface area contributed by atoms with E-state index in [0.29, 0.717) is 36.5 Å². The molecule has 0 atom stereocenters. The number of furan rings is 1. The second kappa shape index (κ2) is 8.17. The van der Waals surface area contributed by atoms with Gasteiger partial charge in [0, 0.05) is 17.5 Å². The Morgan fingerprint density at radius 1 is 1.04 bits per heavy atom. The van der Waals surface area contributed by atoms with E-state index in [1.165, 1.54) is 0 Å². The Balaban J connectivity index is 1.41. The van der Waals surface area contributed by atoms with Gasteiger partial charge in [-0.2, -0.15) is 0 Å². The summed E-state index contributed by atoms with van der Waals surface area (Å²) >= 11 is 0. The van der Waals surface area contributed by atoms with Crippen LogP contribution in [0.1, 0.15) is 27.3 Å². The Kier molecular flexibility index (Phi) is 5.50. The molecule has 0 fully saturated rings. The summed E-state index contributed by atoms with van der Waals surface area (Å²) in [5.41, 5.74) is 2.58. The van der Waals surface area contributed by atoms with E-state index < -0.39 is 5.91 Å². The van der Waals surface area contributed by atoms with Crippen LogP contribution in [0.3, 0.4) is 0 Å². The quantitative estimate of drug-likeness (QED) is 0.344. The van der Waals surface area contributed by atoms with Gasteiger partial charge in [0.25, 0.3) is 11.8 Å². The maximum absolute atomic E-state index is 12.1. The van der Waals surface area contributed by atoms with E-state index in [2.05, 4.69) is 5.32 Å². The fourth-order valence-electron chi connectivity index (χ4n) is 2.41. The van der Waals surface area contributed by atoms with E-state index in [4.69, 9.17) is 14.4 Å². The Hall–Kier alpha value is -3.32. The summed E-state index contributed by atoms with van der Waals surface area (Å²) in [4.78, 5) is 23.3. The minimum absolute atomic E-state index is 0.263. The minimum Gasteiger partial charge on any atom is -0.494 e. The Labute approximate surface area is 149 Å². The summed E-state index contributed by atoms with van der Waals surface area (Å²) < 4.78 is 11.0. The number of rotatable bonds is 7. The number of hydrogen-bond acceptors (Lipinski definition) is 5. The number of carbonyl (C=O) groups excluding carboxylic acids is 2. The first kappa shape index (κ1) is 17.5. The molecule has 7 nitrogen and oxygen atoms in total. The molecule has 0 saturated carbocycles. The first-order chi connectivity index (χ1) is 12.7. The summed E-state index contributed by atoms with van der Waals surface area (Å²) in [7, 11) is 0. The highest BCUT2D eigenvalue weighted by Crippen LogP contribution is 2.18. The average Bonchev–Trinajstić information content (AvgIpc) is 3.12. The monoisotopic (exact) mass is 354 g/mol. The Morgan fingerprint density at radius 2 is 1.81 bits per heavy atom. The van der Waals surface area contributed by atoms with Crippen LogP contribution in [0.2, 0.25) is 0 Å². The summed E-state index contributed by atoms with van der Waals surface area (Å²) in [6, 6.07) is 15.5. The molecule has 2 amide bonds. The minimum atomic E-state index is -0.579. The highest BCUT2D eigenvalue weighted by molar-refractivity contribution is 5.96. The van der Waals surface area contributed by atoms with E-state index in [1.54, 1.807) is 35.8 Å². The lowest BCUT2D eigenvalue weighted by Crippen LogP contribution is -2.25. The number of carbonyl (C=O) groups is 2. The fraction of sp³-hybridized carbons (Fsp3) is 0.158. The molecule has 1 aromatic heterocycles. The number of hydroxylamine groups is 1. The molecule has 2 aromatic carbocycles. The Bertz CT molecular complexity index is 869. The van der Waals surface area contributed by atoms with Gasteiger partial charge in [0.15, 0.2) is 5.76 Å². The predicted molar refractivity (Wildman–Crippen MR) is 94.4 cm³/mol. The molecule has 7 heteroatoms. The number of para-hydroxylation sites is 1. The normalized spacial score (nSPS) is 10.5. The van der Waals surface area contributed by atoms with Crippen LogP contribution in [0.25, 0.3) is 11.0 Å². The highest BCUT2D eigenvalue weighted by Gasteiger charge is 2.11. The first-order valence-corrected chi connectivity index (χ1v) is 8.11. The molecule has 0 aliphatic rings. The molecule has 26 heavy (non-hydrogen) atoms. The van der Waals surface area contributed by atoms with E-state index in [9.17, 15) is 9.59 Å². The topological polar surface area (TPSA) is 101 Å². The predicted octanol–water partition coefficient (Wildman–Crippen LogP) is 2.75. The van der Waals surface area contributed by atoms with Crippen molar-refractivity contribution in [2.75, 3.05) is 13.2 Å². The van der Waals surface area contributed by atoms with Crippen molar-refractivity contribution < 1.29 is 24.0 Å². The van der Waals surface area contributed by atoms with Gasteiger partial charge < -0.3 is 14.5 Å². The first-order valence-electron chi connectivity index (χ1n) is 8.11. The van der Waals surface area contributed by atoms with Crippen LogP contribution in [0, 0.1) is 0 Å². The largest absolute Gasteiger partial charge is 0.494 e. The van der Waals surface area contributed by atoms with E-state index in [1.807, 2.05) is 24.3 Å². The molecule has 3 aromatic rings. The van der Waals surface area contributed by atoms with Crippen LogP contribution in [0.15, 0.2) is 59.0 Å². The van der Waals surface area contributed by atoms with Gasteiger partial charge in [0.2, 0.25) is 0 Å². The van der Waals surface area contributed by atoms with Crippen LogP contribution in [0.5, 0.6) is 5.75 Å². The molecule has 0 spiro atoms. The third-order valence-corrected chi connectivity index (χ3v) is 3.74. The third-order valence-electron chi connectivity index (χ3n) is 3.74. The molecular weight excluding hydrogens is 336 g/mol. The maximum Gasteiger partial charge on any atom is 0.287 e. The summed E-state index contributed by atoms with van der Waals surface area (Å²) in [6.07, 6.45) is 0.616. The van der Waals surface area contributed by atoms with Gasteiger partial charge in [-0.1, -0.05) is 18.2 Å². The molecule has 3 N–H and O–H groups in total. The maximum atomic E-state index is 12.1. The molecule has 0 saturated heterocycles. The summed E-state index contributed by atoms with van der Waals surface area (Å²) in [5.74, 6) is 0.0402. The van der Waals surface area contributed by atoms with Gasteiger partial charge in [-0.05, 0) is 42.8 Å². The van der Waals surface area contributed by atoms with Crippen LogP contribution in [-0.4, -0.2) is 30.2 Å². The lowest BCUT2D eigenvalue weighted by atomic mass is 10.2. The summed E-state index contributed by atoms with van der Waals surface area (Å²) in [5, 5.41) is 12.2. The van der Waals surface area contributed by atoms with Crippen LogP contribution in [-0.2, 0) is 0 Å². The third kappa shape index (κ3) is 4.20. The number of nitrogens with one attached hydrogen (secondary N) is 2. The molecule has 0 bridgehead atoms. The van der Waals surface area contributed by atoms with Gasteiger partial charge in [-0.3, -0.25) is 14.8 Å². The van der Waals surface area contributed by atoms with Crippen molar-refractivity contribution in [2.24, 2.45) is 0 Å². The van der Waals surface area contributed by atoms with Crippen molar-refractivity contribution in [2.45, 2.75) is 6.42 Å². The molecule has 3 rings (SSSR count). The lowest BCUT2D eigenvalue weighted by molar-refractivity contribution is 0.0706. The molecule has 1 heterocycles. The smallest absolute Gasteiger partial charge is 0.287 e. The number of fused-ring (bicyclic) bond motifs is 1. The van der Waals surface area contributed by atoms with E-state index in [0.717, 1.165) is 5.39 Å². The SMILES string of the molecule is O=C(NO)c1ccc(OCCCNC(=O)c2cc3ccccc3o2)cc1. The van der Waals surface area contributed by atoms with Crippen LogP contribution >= 0.6 is 0 Å². The van der Waals surface area contributed by atoms with Crippen LogP contribution < -0.4 is 15.5 Å². The van der Waals surface area contributed by atoms with E-state index in [-0.39, 0.29) is 11.7 Å². The number of benzene rings is 2. The molecule has 0 aliphatic carbocycles. The van der Waals surface area contributed by atoms with Crippen molar-refractivity contribution in [3.8, 4) is 5.75 Å². The fourth-order valence-corrected chi connectivity index (χ4v) is 2.41. The van der Waals surface area contributed by atoms with Crippen molar-refractivity contribution in [1.29, 1.82) is 0 Å².